The molecular formula is C35H47IN8O5S2. The zero-order chi connectivity index (χ0) is 35.3. The summed E-state index contributed by atoms with van der Waals surface area (Å²) < 4.78 is 60.8. The molecule has 51 heavy (non-hydrogen) atoms. The maximum absolute atomic E-state index is 12.0. The van der Waals surface area contributed by atoms with E-state index in [1.165, 1.54) is 19.7 Å². The summed E-state index contributed by atoms with van der Waals surface area (Å²) in [5.41, 5.74) is 5.93. The summed E-state index contributed by atoms with van der Waals surface area (Å²) in [5.74, 6) is 1.54. The number of rotatable bonds is 16. The van der Waals surface area contributed by atoms with Crippen LogP contribution < -0.4 is 47.6 Å². The molecule has 0 saturated carbocycles. The zero-order valence-corrected chi connectivity index (χ0v) is 33.1. The molecule has 3 aromatic heterocycles. The Labute approximate surface area is 317 Å². The van der Waals surface area contributed by atoms with Crippen LogP contribution in [0.4, 0.5) is 5.82 Å². The second-order valence-corrected chi connectivity index (χ2v) is 16.7. The minimum Gasteiger partial charge on any atom is -1.00 e. The van der Waals surface area contributed by atoms with Crippen molar-refractivity contribution in [2.45, 2.75) is 43.7 Å². The number of methoxy groups -OCH3 is 1. The van der Waals surface area contributed by atoms with Crippen LogP contribution in [0.15, 0.2) is 61.3 Å². The molecule has 1 fully saturated rings. The predicted octanol–water partition coefficient (Wildman–Crippen LogP) is -0.170. The molecule has 276 valence electrons. The Morgan fingerprint density at radius 3 is 1.90 bits per heavy atom. The number of H-pyrrole nitrogens is 2. The second-order valence-electron chi connectivity index (χ2n) is 12.9. The Morgan fingerprint density at radius 1 is 0.824 bits per heavy atom. The first-order valence-electron chi connectivity index (χ1n) is 17.0. The minimum absolute atomic E-state index is 0. The highest BCUT2D eigenvalue weighted by Gasteiger charge is 2.25. The van der Waals surface area contributed by atoms with Crippen LogP contribution >= 0.6 is 0 Å². The molecule has 1 aliphatic heterocycles. The normalized spacial score (nSPS) is 14.3. The fourth-order valence-electron chi connectivity index (χ4n) is 6.69. The third-order valence-electron chi connectivity index (χ3n) is 9.51. The van der Waals surface area contributed by atoms with Gasteiger partial charge in [-0.05, 0) is 97.8 Å². The number of aromatic nitrogens is 4. The van der Waals surface area contributed by atoms with E-state index in [9.17, 15) is 16.8 Å². The Bertz CT molecular complexity index is 2160. The molecule has 0 unspecified atom stereocenters. The molecular weight excluding hydrogens is 803 g/mol. The van der Waals surface area contributed by atoms with E-state index in [0.717, 1.165) is 115 Å². The van der Waals surface area contributed by atoms with Crippen molar-refractivity contribution in [2.75, 3.05) is 58.8 Å². The molecule has 0 radical (unpaired) electrons. The molecule has 4 heterocycles. The fraction of sp³-hybridized carbons (Fsp3) is 0.429. The quantitative estimate of drug-likeness (QED) is 0.0789. The Morgan fingerprint density at radius 2 is 1.37 bits per heavy atom. The molecule has 2 aromatic carbocycles. The fourth-order valence-corrected chi connectivity index (χ4v) is 8.22. The zero-order valence-electron chi connectivity index (χ0n) is 29.3. The van der Waals surface area contributed by atoms with E-state index < -0.39 is 20.0 Å². The highest BCUT2D eigenvalue weighted by Crippen LogP contribution is 2.26. The number of fused-ring (bicyclic) bond motifs is 2. The molecule has 0 spiro atoms. The highest BCUT2D eigenvalue weighted by molar-refractivity contribution is 7.88. The number of sulfonamides is 2. The maximum atomic E-state index is 12.0. The summed E-state index contributed by atoms with van der Waals surface area (Å²) in [4.78, 5) is 16.2. The van der Waals surface area contributed by atoms with Crippen LogP contribution in [-0.2, 0) is 50.9 Å². The minimum atomic E-state index is -3.34. The number of nitrogens with one attached hydrogen (secondary N) is 4. The number of anilines is 1. The standard InChI is InChI=1S/C35H47N8O5S2.HI/c1-36-49(44,45)23-26-8-10-32-30(18-26)28(20-38-32)6-4-12-41-14-16-43(17-15-41)35-34(48-3)22-42(25-40-35)13-5-7-29-21-39-33-11-9-27(19-31(29)33)24-50(46,47)37-2;/h8-11,18-22,25,36-39H,4-7,12-17,23-24H2,1-3H3;1H/q+1;/p-1. The van der Waals surface area contributed by atoms with E-state index in [1.54, 1.807) is 7.11 Å². The Balaban J connectivity index is 0.00000504. The van der Waals surface area contributed by atoms with Crippen molar-refractivity contribution in [3.63, 3.8) is 0 Å². The van der Waals surface area contributed by atoms with Gasteiger partial charge in [0.15, 0.2) is 0 Å². The van der Waals surface area contributed by atoms with Gasteiger partial charge in [0, 0.05) is 60.4 Å². The molecule has 0 amide bonds. The van der Waals surface area contributed by atoms with E-state index in [2.05, 4.69) is 33.8 Å². The molecule has 0 atom stereocenters. The molecule has 16 heteroatoms. The van der Waals surface area contributed by atoms with Gasteiger partial charge >= 0.3 is 0 Å². The van der Waals surface area contributed by atoms with Gasteiger partial charge in [0.25, 0.3) is 12.1 Å². The van der Waals surface area contributed by atoms with E-state index in [0.29, 0.717) is 0 Å². The van der Waals surface area contributed by atoms with Crippen LogP contribution in [0.3, 0.4) is 0 Å². The molecule has 1 saturated heterocycles. The van der Waals surface area contributed by atoms with Crippen molar-refractivity contribution in [2.24, 2.45) is 0 Å². The Hall–Kier alpha value is -3.29. The van der Waals surface area contributed by atoms with Crippen molar-refractivity contribution >= 4 is 47.7 Å². The van der Waals surface area contributed by atoms with Crippen molar-refractivity contribution in [1.29, 1.82) is 0 Å². The number of benzene rings is 2. The van der Waals surface area contributed by atoms with Crippen LogP contribution in [0.25, 0.3) is 21.8 Å². The van der Waals surface area contributed by atoms with Crippen molar-refractivity contribution in [1.82, 2.24) is 29.3 Å². The maximum Gasteiger partial charge on any atom is 0.289 e. The van der Waals surface area contributed by atoms with Crippen molar-refractivity contribution < 1.29 is 50.1 Å². The van der Waals surface area contributed by atoms with E-state index in [1.807, 2.05) is 61.3 Å². The lowest BCUT2D eigenvalue weighted by Crippen LogP contribution is -3.00. The monoisotopic (exact) mass is 850 g/mol. The average molecular weight is 851 g/mol. The first kappa shape index (κ1) is 38.9. The summed E-state index contributed by atoms with van der Waals surface area (Å²) in [6.07, 6.45) is 11.6. The van der Waals surface area contributed by atoms with Gasteiger partial charge in [0.2, 0.25) is 25.8 Å². The number of aromatic amines is 2. The topological polar surface area (TPSA) is 156 Å². The van der Waals surface area contributed by atoms with Gasteiger partial charge in [0.1, 0.15) is 6.20 Å². The summed E-state index contributed by atoms with van der Waals surface area (Å²) in [7, 11) is -2.10. The van der Waals surface area contributed by atoms with Gasteiger partial charge in [-0.2, -0.15) is 0 Å². The van der Waals surface area contributed by atoms with E-state index >= 15 is 0 Å². The lowest BCUT2D eigenvalue weighted by molar-refractivity contribution is -0.700. The van der Waals surface area contributed by atoms with E-state index in [-0.39, 0.29) is 35.5 Å². The van der Waals surface area contributed by atoms with Gasteiger partial charge in [-0.25, -0.2) is 30.8 Å². The first-order chi connectivity index (χ1) is 24.1. The van der Waals surface area contributed by atoms with Gasteiger partial charge in [0.05, 0.1) is 25.2 Å². The molecule has 1 aliphatic rings. The van der Waals surface area contributed by atoms with Crippen LogP contribution in [0.1, 0.15) is 35.1 Å². The van der Waals surface area contributed by atoms with E-state index in [4.69, 9.17) is 9.72 Å². The molecule has 13 nitrogen and oxygen atoms in total. The smallest absolute Gasteiger partial charge is 0.289 e. The lowest BCUT2D eigenvalue weighted by atomic mass is 10.1. The van der Waals surface area contributed by atoms with Crippen LogP contribution in [-0.4, -0.2) is 90.6 Å². The highest BCUT2D eigenvalue weighted by atomic mass is 127. The average Bonchev–Trinajstić information content (AvgIpc) is 3.71. The lowest BCUT2D eigenvalue weighted by Gasteiger charge is -2.34. The molecule has 0 bridgehead atoms. The molecule has 0 aliphatic carbocycles. The number of ether oxygens (including phenoxy) is 1. The molecule has 6 rings (SSSR count). The summed E-state index contributed by atoms with van der Waals surface area (Å²) in [5, 5.41) is 2.14. The number of hydrogen-bond donors (Lipinski definition) is 4. The van der Waals surface area contributed by atoms with Crippen LogP contribution in [0, 0.1) is 0 Å². The number of piperazine rings is 1. The van der Waals surface area contributed by atoms with Crippen molar-refractivity contribution in [3.8, 4) is 5.75 Å². The number of nitrogens with zero attached hydrogens (tertiary/aromatic N) is 4. The number of hydrogen-bond acceptors (Lipinski definition) is 8. The summed E-state index contributed by atoms with van der Waals surface area (Å²) in [6.45, 7) is 5.36. The number of halogens is 1. The van der Waals surface area contributed by atoms with Crippen LogP contribution in [0.5, 0.6) is 5.75 Å². The first-order valence-corrected chi connectivity index (χ1v) is 20.3. The predicted molar refractivity (Wildman–Crippen MR) is 196 cm³/mol. The third-order valence-corrected chi connectivity index (χ3v) is 12.2. The van der Waals surface area contributed by atoms with Gasteiger partial charge in [-0.3, -0.25) is 4.90 Å². The van der Waals surface area contributed by atoms with Gasteiger partial charge in [-0.1, -0.05) is 12.1 Å². The molecule has 4 N–H and O–H groups in total. The number of aryl methyl sites for hydroxylation is 3. The third kappa shape index (κ3) is 9.78. The largest absolute Gasteiger partial charge is 1.00 e. The SMILES string of the molecule is CNS(=O)(=O)Cc1ccc2[nH]cc(CCCN3CCN(c4nc[n+](CCCc5c[nH]c6ccc(CS(=O)(=O)NC)cc56)cc4OC)CC3)c2c1.[I-]. The Kier molecular flexibility index (Phi) is 13.0. The van der Waals surface area contributed by atoms with Crippen LogP contribution in [0.2, 0.25) is 0 Å². The van der Waals surface area contributed by atoms with Crippen molar-refractivity contribution in [3.05, 3.63) is 83.6 Å². The summed E-state index contributed by atoms with van der Waals surface area (Å²) >= 11 is 0. The van der Waals surface area contributed by atoms with Gasteiger partial charge in [-0.15, -0.1) is 0 Å². The van der Waals surface area contributed by atoms with Gasteiger partial charge < -0.3 is 43.6 Å². The second kappa shape index (κ2) is 17.0. The molecule has 5 aromatic rings. The summed E-state index contributed by atoms with van der Waals surface area (Å²) in [6, 6.07) is 11.6.